The lowest BCUT2D eigenvalue weighted by Gasteiger charge is -1.99. The lowest BCUT2D eigenvalue weighted by atomic mass is 10.4. The van der Waals surface area contributed by atoms with Crippen LogP contribution in [0.15, 0.2) is 24.5 Å². The van der Waals surface area contributed by atoms with Crippen LogP contribution in [0.3, 0.4) is 0 Å². The van der Waals surface area contributed by atoms with E-state index in [0.717, 1.165) is 11.5 Å². The van der Waals surface area contributed by atoms with Crippen molar-refractivity contribution in [2.75, 3.05) is 12.4 Å². The molecule has 0 bridgehead atoms. The maximum atomic E-state index is 4.28. The zero-order chi connectivity index (χ0) is 9.97. The van der Waals surface area contributed by atoms with Crippen LogP contribution in [0.25, 0.3) is 11.5 Å². The number of anilines is 1. The van der Waals surface area contributed by atoms with Crippen molar-refractivity contribution in [3.63, 3.8) is 0 Å². The molecular weight excluding hydrogens is 178 g/mol. The van der Waals surface area contributed by atoms with Crippen LogP contribution in [0.5, 0.6) is 0 Å². The van der Waals surface area contributed by atoms with E-state index in [2.05, 4.69) is 20.4 Å². The highest BCUT2D eigenvalue weighted by atomic mass is 15.3. The Labute approximate surface area is 81.8 Å². The predicted molar refractivity (Wildman–Crippen MR) is 53.8 cm³/mol. The van der Waals surface area contributed by atoms with Crippen LogP contribution in [0.2, 0.25) is 0 Å². The number of nitrogens with zero attached hydrogens (tertiary/aromatic N) is 4. The van der Waals surface area contributed by atoms with E-state index in [4.69, 9.17) is 0 Å². The van der Waals surface area contributed by atoms with E-state index in [9.17, 15) is 0 Å². The van der Waals surface area contributed by atoms with Gasteiger partial charge in [0.15, 0.2) is 5.82 Å². The van der Waals surface area contributed by atoms with Gasteiger partial charge in [-0.1, -0.05) is 0 Å². The number of hydrogen-bond donors (Lipinski definition) is 1. The Morgan fingerprint density at radius 3 is 2.86 bits per heavy atom. The lowest BCUT2D eigenvalue weighted by molar-refractivity contribution is 0.768. The fourth-order valence-corrected chi connectivity index (χ4v) is 1.16. The molecule has 0 amide bonds. The highest BCUT2D eigenvalue weighted by Crippen LogP contribution is 2.12. The van der Waals surface area contributed by atoms with E-state index in [0.29, 0.717) is 5.82 Å². The molecule has 5 heteroatoms. The maximum absolute atomic E-state index is 4.28. The summed E-state index contributed by atoms with van der Waals surface area (Å²) >= 11 is 0. The number of aryl methyl sites for hydroxylation is 1. The SMILES string of the molecule is CNc1ccnc(-c2ccn(C)n2)n1. The minimum absolute atomic E-state index is 0.637. The molecule has 0 aliphatic carbocycles. The van der Waals surface area contributed by atoms with Gasteiger partial charge in [0.2, 0.25) is 0 Å². The monoisotopic (exact) mass is 189 g/mol. The van der Waals surface area contributed by atoms with Gasteiger partial charge in [0.25, 0.3) is 0 Å². The molecule has 0 atom stereocenters. The van der Waals surface area contributed by atoms with Crippen molar-refractivity contribution >= 4 is 5.82 Å². The molecule has 0 fully saturated rings. The van der Waals surface area contributed by atoms with Crippen molar-refractivity contribution in [2.24, 2.45) is 7.05 Å². The predicted octanol–water partition coefficient (Wildman–Crippen LogP) is 0.919. The van der Waals surface area contributed by atoms with Crippen LogP contribution in [0.4, 0.5) is 5.82 Å². The van der Waals surface area contributed by atoms with Crippen molar-refractivity contribution in [2.45, 2.75) is 0 Å². The topological polar surface area (TPSA) is 55.6 Å². The smallest absolute Gasteiger partial charge is 0.182 e. The van der Waals surface area contributed by atoms with Crippen molar-refractivity contribution in [3.05, 3.63) is 24.5 Å². The van der Waals surface area contributed by atoms with Gasteiger partial charge < -0.3 is 5.32 Å². The van der Waals surface area contributed by atoms with Crippen LogP contribution in [-0.4, -0.2) is 26.8 Å². The summed E-state index contributed by atoms with van der Waals surface area (Å²) in [6.07, 6.45) is 3.58. The summed E-state index contributed by atoms with van der Waals surface area (Å²) in [6.45, 7) is 0. The Morgan fingerprint density at radius 2 is 2.21 bits per heavy atom. The molecule has 0 aromatic carbocycles. The second-order valence-electron chi connectivity index (χ2n) is 2.89. The van der Waals surface area contributed by atoms with Gasteiger partial charge in [-0.05, 0) is 12.1 Å². The molecule has 0 saturated heterocycles. The first kappa shape index (κ1) is 8.68. The summed E-state index contributed by atoms with van der Waals surface area (Å²) in [5.74, 6) is 1.43. The van der Waals surface area contributed by atoms with E-state index in [1.807, 2.05) is 32.4 Å². The molecule has 0 radical (unpaired) electrons. The Kier molecular flexibility index (Phi) is 2.14. The summed E-state index contributed by atoms with van der Waals surface area (Å²) in [7, 11) is 3.69. The quantitative estimate of drug-likeness (QED) is 0.763. The van der Waals surface area contributed by atoms with E-state index in [1.54, 1.807) is 10.9 Å². The number of hydrogen-bond acceptors (Lipinski definition) is 4. The van der Waals surface area contributed by atoms with Crippen LogP contribution in [0.1, 0.15) is 0 Å². The minimum Gasteiger partial charge on any atom is -0.373 e. The normalized spacial score (nSPS) is 10.1. The minimum atomic E-state index is 0.637. The average Bonchev–Trinajstić information content (AvgIpc) is 2.65. The number of nitrogens with one attached hydrogen (secondary N) is 1. The van der Waals surface area contributed by atoms with Crippen molar-refractivity contribution < 1.29 is 0 Å². The molecular formula is C9H11N5. The van der Waals surface area contributed by atoms with Gasteiger partial charge in [0.1, 0.15) is 11.5 Å². The third kappa shape index (κ3) is 1.56. The van der Waals surface area contributed by atoms with Crippen LogP contribution in [-0.2, 0) is 7.05 Å². The van der Waals surface area contributed by atoms with Crippen LogP contribution < -0.4 is 5.32 Å². The third-order valence-corrected chi connectivity index (χ3v) is 1.85. The molecule has 5 nitrogen and oxygen atoms in total. The van der Waals surface area contributed by atoms with Gasteiger partial charge in [-0.3, -0.25) is 4.68 Å². The Bertz CT molecular complexity index is 434. The first-order chi connectivity index (χ1) is 6.79. The fraction of sp³-hybridized carbons (Fsp3) is 0.222. The van der Waals surface area contributed by atoms with E-state index in [1.165, 1.54) is 0 Å². The lowest BCUT2D eigenvalue weighted by Crippen LogP contribution is -1.96. The Balaban J connectivity index is 2.41. The molecule has 0 aliphatic rings. The molecule has 2 aromatic heterocycles. The van der Waals surface area contributed by atoms with Crippen LogP contribution >= 0.6 is 0 Å². The second-order valence-corrected chi connectivity index (χ2v) is 2.89. The molecule has 2 heterocycles. The highest BCUT2D eigenvalue weighted by Gasteiger charge is 2.04. The average molecular weight is 189 g/mol. The van der Waals surface area contributed by atoms with Crippen LogP contribution in [0, 0.1) is 0 Å². The maximum Gasteiger partial charge on any atom is 0.182 e. The first-order valence-electron chi connectivity index (χ1n) is 4.30. The summed E-state index contributed by atoms with van der Waals surface area (Å²) in [6, 6.07) is 3.70. The molecule has 0 aliphatic heterocycles. The standard InChI is InChI=1S/C9H11N5/c1-10-8-3-5-11-9(12-8)7-4-6-14(2)13-7/h3-6H,1-2H3,(H,10,11,12). The van der Waals surface area contributed by atoms with Gasteiger partial charge >= 0.3 is 0 Å². The molecule has 0 unspecified atom stereocenters. The molecule has 14 heavy (non-hydrogen) atoms. The molecule has 1 N–H and O–H groups in total. The van der Waals surface area contributed by atoms with Crippen molar-refractivity contribution in [3.8, 4) is 11.5 Å². The summed E-state index contributed by atoms with van der Waals surface area (Å²) in [5.41, 5.74) is 0.782. The van der Waals surface area contributed by atoms with E-state index in [-0.39, 0.29) is 0 Å². The largest absolute Gasteiger partial charge is 0.373 e. The molecule has 72 valence electrons. The van der Waals surface area contributed by atoms with E-state index >= 15 is 0 Å². The first-order valence-corrected chi connectivity index (χ1v) is 4.30. The highest BCUT2D eigenvalue weighted by molar-refractivity contribution is 5.50. The second kappa shape index (κ2) is 3.45. The zero-order valence-corrected chi connectivity index (χ0v) is 8.10. The zero-order valence-electron chi connectivity index (χ0n) is 8.10. The third-order valence-electron chi connectivity index (χ3n) is 1.85. The number of aromatic nitrogens is 4. The van der Waals surface area contributed by atoms with Crippen molar-refractivity contribution in [1.29, 1.82) is 0 Å². The Morgan fingerprint density at radius 1 is 1.36 bits per heavy atom. The summed E-state index contributed by atoms with van der Waals surface area (Å²) < 4.78 is 1.73. The molecule has 0 spiro atoms. The van der Waals surface area contributed by atoms with Crippen molar-refractivity contribution in [1.82, 2.24) is 19.7 Å². The van der Waals surface area contributed by atoms with Gasteiger partial charge in [-0.25, -0.2) is 9.97 Å². The summed E-state index contributed by atoms with van der Waals surface area (Å²) in [4.78, 5) is 8.42. The Hall–Kier alpha value is -1.91. The number of rotatable bonds is 2. The summed E-state index contributed by atoms with van der Waals surface area (Å²) in [5, 5.41) is 7.18. The van der Waals surface area contributed by atoms with Gasteiger partial charge in [-0.15, -0.1) is 0 Å². The van der Waals surface area contributed by atoms with Gasteiger partial charge in [-0.2, -0.15) is 5.10 Å². The van der Waals surface area contributed by atoms with E-state index < -0.39 is 0 Å². The van der Waals surface area contributed by atoms with Gasteiger partial charge in [0.05, 0.1) is 0 Å². The molecule has 2 rings (SSSR count). The molecule has 2 aromatic rings. The fourth-order valence-electron chi connectivity index (χ4n) is 1.16. The van der Waals surface area contributed by atoms with Gasteiger partial charge in [0, 0.05) is 26.5 Å². The molecule has 0 saturated carbocycles.